The van der Waals surface area contributed by atoms with Gasteiger partial charge in [-0.3, -0.25) is 0 Å². The lowest BCUT2D eigenvalue weighted by Crippen LogP contribution is -2.43. The Labute approximate surface area is 648 Å². The van der Waals surface area contributed by atoms with Crippen LogP contribution in [0.4, 0.5) is 0 Å². The highest BCUT2D eigenvalue weighted by Gasteiger charge is 2.62. The molecule has 2 heteroatoms. The largest absolute Gasteiger partial charge is 0.135 e. The molecule has 0 radical (unpaired) electrons. The summed E-state index contributed by atoms with van der Waals surface area (Å²) in [6, 6.07) is 154. The van der Waals surface area contributed by atoms with Crippen LogP contribution in [-0.4, -0.2) is 0 Å². The van der Waals surface area contributed by atoms with Crippen molar-refractivity contribution in [1.29, 1.82) is 0 Å². The zero-order valence-corrected chi connectivity index (χ0v) is 61.6. The predicted octanol–water partition coefficient (Wildman–Crippen LogP) is 27.6. The molecule has 2 aromatic heterocycles. The van der Waals surface area contributed by atoms with Gasteiger partial charge in [0, 0.05) is 19.5 Å². The van der Waals surface area contributed by atoms with E-state index in [1.807, 2.05) is 22.7 Å². The summed E-state index contributed by atoms with van der Waals surface area (Å²) in [7, 11) is 0. The maximum absolute atomic E-state index is 2.65. The minimum absolute atomic E-state index is 0.575. The van der Waals surface area contributed by atoms with E-state index in [0.717, 1.165) is 0 Å². The quantitative estimate of drug-likeness (QED) is 0.135. The van der Waals surface area contributed by atoms with Gasteiger partial charge in [-0.2, -0.15) is 0 Å². The third kappa shape index (κ3) is 8.08. The third-order valence-corrected chi connectivity index (χ3v) is 28.1. The summed E-state index contributed by atoms with van der Waals surface area (Å²) in [5.41, 5.74) is 40.9. The van der Waals surface area contributed by atoms with Crippen molar-refractivity contribution in [3.05, 3.63) is 489 Å². The predicted molar refractivity (Wildman–Crippen MR) is 457 cm³/mol. The highest BCUT2D eigenvalue weighted by Crippen LogP contribution is 2.72. The maximum atomic E-state index is 2.65. The molecule has 4 unspecified atom stereocenters. The molecule has 0 saturated carbocycles. The van der Waals surface area contributed by atoms with E-state index in [9.17, 15) is 0 Å². The Morgan fingerprint density at radius 1 is 0.145 bits per heavy atom. The van der Waals surface area contributed by atoms with Gasteiger partial charge >= 0.3 is 0 Å². The molecule has 18 aromatic rings. The number of thiophene rings is 2. The number of benzene rings is 16. The molecule has 0 saturated heterocycles. The molecule has 0 fully saturated rings. The Bertz CT molecular complexity index is 6880. The highest BCUT2D eigenvalue weighted by atomic mass is 32.1. The molecule has 24 rings (SSSR count). The molecule has 0 N–H and O–H groups in total. The highest BCUT2D eigenvalue weighted by molar-refractivity contribution is 7.19. The lowest BCUT2D eigenvalue weighted by atomic mass is 9.52. The number of hydrogen-bond acceptors (Lipinski definition) is 2. The minimum atomic E-state index is -0.732. The monoisotopic (exact) mass is 1430 g/mol. The fourth-order valence-electron chi connectivity index (χ4n) is 21.5. The van der Waals surface area contributed by atoms with Gasteiger partial charge in [-0.25, -0.2) is 0 Å². The Balaban J connectivity index is 0.728. The topological polar surface area (TPSA) is 0 Å². The summed E-state index contributed by atoms with van der Waals surface area (Å²) in [5, 5.41) is 0. The first-order valence-corrected chi connectivity index (χ1v) is 40.1. The van der Waals surface area contributed by atoms with Crippen molar-refractivity contribution in [2.24, 2.45) is 0 Å². The van der Waals surface area contributed by atoms with E-state index in [4.69, 9.17) is 0 Å². The standard InChI is InChI=1S/C108H66S2/c1-5-25-69(26-6-1)98-59-61-100(109-98)71-51-47-67(48-52-71)73-56-58-89-85(63-73)79-34-14-17-39-87(79)107(89)92-43-21-20-42-91(92)106(77-31-11-4-12-32-77)96-65-74(55-57-80(96)82-37-24-45-94(107)104(82)106)84-64-75(68-49-53-72(54-50-68)101-62-60-99(110-101)70-27-7-2-8-28-70)66-97-102(84)83-35-15-18-40-88(83)108(97)93-44-22-19-41-90(93)105(76-29-9-3-10-30-76)86-38-16-13-33-78(86)81-36-23-46-95(108)103(81)105/h1-66H. The molecule has 2 spiro atoms. The van der Waals surface area contributed by atoms with Gasteiger partial charge in [0.05, 0.1) is 21.7 Å². The van der Waals surface area contributed by atoms with E-state index in [0.29, 0.717) is 0 Å². The van der Waals surface area contributed by atoms with E-state index in [-0.39, 0.29) is 0 Å². The second-order valence-corrected chi connectivity index (χ2v) is 32.8. The van der Waals surface area contributed by atoms with E-state index in [1.165, 1.54) is 209 Å². The van der Waals surface area contributed by atoms with Gasteiger partial charge in [-0.15, -0.1) is 22.7 Å². The third-order valence-electron chi connectivity index (χ3n) is 25.7. The van der Waals surface area contributed by atoms with Crippen molar-refractivity contribution in [2.45, 2.75) is 21.7 Å². The van der Waals surface area contributed by atoms with Crippen LogP contribution >= 0.6 is 22.7 Å². The molecule has 0 nitrogen and oxygen atoms in total. The number of hydrogen-bond donors (Lipinski definition) is 0. The number of fused-ring (bicyclic) bond motifs is 24. The molecule has 0 amide bonds. The van der Waals surface area contributed by atoms with Gasteiger partial charge < -0.3 is 0 Å². The van der Waals surface area contributed by atoms with Crippen LogP contribution in [-0.2, 0) is 21.7 Å². The summed E-state index contributed by atoms with van der Waals surface area (Å²) >= 11 is 3.71. The Kier molecular flexibility index (Phi) is 13.1. The van der Waals surface area contributed by atoms with Crippen LogP contribution in [0.5, 0.6) is 0 Å². The molecule has 0 bridgehead atoms. The SMILES string of the molecule is c1ccc(-c2ccc(-c3ccc(-c4ccc5c(c4)-c4ccccc4C54c5ccccc5C5(c6ccccc6)c6cc(-c7cc(-c8ccc(-c9ccc(-c%10ccccc%10)s9)cc8)cc8c7-c7ccccc7C87c8ccccc8C8(c9ccccc9)c9ccccc9-c9cccc7c98)ccc6-c6cccc4c65)cc3)s2)cc1. The van der Waals surface area contributed by atoms with E-state index < -0.39 is 21.7 Å². The first-order chi connectivity index (χ1) is 54.5. The normalized spacial score (nSPS) is 18.1. The van der Waals surface area contributed by atoms with Gasteiger partial charge in [-0.1, -0.05) is 352 Å². The lowest BCUT2D eigenvalue weighted by Gasteiger charge is -2.48. The first kappa shape index (κ1) is 62.0. The van der Waals surface area contributed by atoms with Crippen molar-refractivity contribution in [1.82, 2.24) is 0 Å². The molecule has 6 aliphatic carbocycles. The van der Waals surface area contributed by atoms with Crippen molar-refractivity contribution in [3.8, 4) is 120 Å². The van der Waals surface area contributed by atoms with Crippen LogP contribution in [0.25, 0.3) is 120 Å². The maximum Gasteiger partial charge on any atom is 0.0720 e. The van der Waals surface area contributed by atoms with Crippen molar-refractivity contribution in [3.63, 3.8) is 0 Å². The van der Waals surface area contributed by atoms with Crippen LogP contribution in [0.15, 0.2) is 400 Å². The molecule has 4 atom stereocenters. The minimum Gasteiger partial charge on any atom is -0.135 e. The molecule has 6 aliphatic rings. The summed E-state index contributed by atoms with van der Waals surface area (Å²) in [6.07, 6.45) is 0. The summed E-state index contributed by atoms with van der Waals surface area (Å²) < 4.78 is 0. The molecular formula is C108H66S2. The second kappa shape index (κ2) is 23.2. The van der Waals surface area contributed by atoms with Crippen LogP contribution < -0.4 is 0 Å². The van der Waals surface area contributed by atoms with Crippen molar-refractivity contribution in [2.75, 3.05) is 0 Å². The van der Waals surface area contributed by atoms with Gasteiger partial charge in [0.25, 0.3) is 0 Å². The molecule has 510 valence electrons. The molecule has 0 aliphatic heterocycles. The number of rotatable bonds is 9. The fourth-order valence-corrected chi connectivity index (χ4v) is 23.6. The molecule has 16 aromatic carbocycles. The van der Waals surface area contributed by atoms with Gasteiger partial charge in [-0.05, 0) is 238 Å². The molecule has 2 heterocycles. The van der Waals surface area contributed by atoms with Crippen molar-refractivity contribution >= 4 is 22.7 Å². The summed E-state index contributed by atoms with van der Waals surface area (Å²) in [5.74, 6) is 0. The van der Waals surface area contributed by atoms with Crippen molar-refractivity contribution < 1.29 is 0 Å². The summed E-state index contributed by atoms with van der Waals surface area (Å²) in [6.45, 7) is 0. The van der Waals surface area contributed by atoms with Gasteiger partial charge in [0.1, 0.15) is 0 Å². The second-order valence-electron chi connectivity index (χ2n) is 30.6. The first-order valence-electron chi connectivity index (χ1n) is 38.4. The Morgan fingerprint density at radius 2 is 0.464 bits per heavy atom. The average Bonchev–Trinajstić information content (AvgIpc) is 1.46. The van der Waals surface area contributed by atoms with E-state index >= 15 is 0 Å². The van der Waals surface area contributed by atoms with E-state index in [2.05, 4.69) is 400 Å². The van der Waals surface area contributed by atoms with Crippen LogP contribution in [0.1, 0.15) is 89.0 Å². The molecule has 110 heavy (non-hydrogen) atoms. The van der Waals surface area contributed by atoms with Gasteiger partial charge in [0.2, 0.25) is 0 Å². The average molecular weight is 1430 g/mol. The Hall–Kier alpha value is -13.1. The van der Waals surface area contributed by atoms with Gasteiger partial charge in [0.15, 0.2) is 0 Å². The lowest BCUT2D eigenvalue weighted by molar-refractivity contribution is 0.636. The Morgan fingerprint density at radius 3 is 0.982 bits per heavy atom. The van der Waals surface area contributed by atoms with Crippen LogP contribution in [0.3, 0.4) is 0 Å². The fraction of sp³-hybridized carbons (Fsp3) is 0.0370. The van der Waals surface area contributed by atoms with Crippen LogP contribution in [0.2, 0.25) is 0 Å². The zero-order chi connectivity index (χ0) is 72.0. The molecular weight excluding hydrogens is 1360 g/mol. The zero-order valence-electron chi connectivity index (χ0n) is 59.9. The van der Waals surface area contributed by atoms with E-state index in [1.54, 1.807) is 0 Å². The smallest absolute Gasteiger partial charge is 0.0720 e. The summed E-state index contributed by atoms with van der Waals surface area (Å²) in [4.78, 5) is 5.07. The van der Waals surface area contributed by atoms with Crippen LogP contribution in [0, 0.1) is 0 Å².